The maximum absolute atomic E-state index is 9.28. The van der Waals surface area contributed by atoms with Gasteiger partial charge in [0.1, 0.15) is 0 Å². The van der Waals surface area contributed by atoms with Crippen LogP contribution in [0.25, 0.3) is 0 Å². The zero-order chi connectivity index (χ0) is 6.24. The van der Waals surface area contributed by atoms with Crippen molar-refractivity contribution < 1.29 is 9.59 Å². The number of rotatable bonds is 2. The molecule has 0 N–H and O–H groups in total. The summed E-state index contributed by atoms with van der Waals surface area (Å²) in [6.07, 6.45) is 4.53. The second kappa shape index (κ2) is 5.50. The van der Waals surface area contributed by atoms with Crippen LogP contribution in [0.2, 0.25) is 0 Å². The minimum Gasteiger partial charge on any atom is -0.211 e. The summed E-state index contributed by atoms with van der Waals surface area (Å²) >= 11 is 0. The van der Waals surface area contributed by atoms with E-state index >= 15 is 0 Å². The summed E-state index contributed by atoms with van der Waals surface area (Å²) in [4.78, 5) is 24.5. The van der Waals surface area contributed by atoms with Gasteiger partial charge in [-0.3, -0.25) is 0 Å². The van der Waals surface area contributed by atoms with Gasteiger partial charge >= 0.3 is 0 Å². The van der Waals surface area contributed by atoms with E-state index in [2.05, 4.69) is 9.98 Å². The molecule has 0 spiro atoms. The molecule has 0 unspecified atom stereocenters. The van der Waals surface area contributed by atoms with Crippen LogP contribution in [0, 0.1) is 0 Å². The van der Waals surface area contributed by atoms with Gasteiger partial charge in [-0.05, 0) is 0 Å². The van der Waals surface area contributed by atoms with Gasteiger partial charge in [-0.15, -0.1) is 0 Å². The Morgan fingerprint density at radius 2 is 1.38 bits per heavy atom. The molecular weight excluding hydrogens is 108 g/mol. The fourth-order valence-electron chi connectivity index (χ4n) is 0.128. The van der Waals surface area contributed by atoms with Crippen LogP contribution < -0.4 is 0 Å². The summed E-state index contributed by atoms with van der Waals surface area (Å²) in [5, 5.41) is 0. The highest BCUT2D eigenvalue weighted by molar-refractivity contribution is 5.36. The molecule has 0 amide bonds. The molecule has 4 nitrogen and oxygen atoms in total. The molecule has 8 heavy (non-hydrogen) atoms. The van der Waals surface area contributed by atoms with Crippen molar-refractivity contribution >= 4 is 12.2 Å². The normalized spacial score (nSPS) is 7.50. The van der Waals surface area contributed by atoms with Crippen LogP contribution in [0.3, 0.4) is 0 Å². The SMILES string of the molecule is O=C=N/C=C/N=C=O. The van der Waals surface area contributed by atoms with Gasteiger partial charge in [-0.1, -0.05) is 0 Å². The van der Waals surface area contributed by atoms with Gasteiger partial charge in [-0.2, -0.15) is 9.98 Å². The molecule has 0 rings (SSSR count). The van der Waals surface area contributed by atoms with E-state index in [4.69, 9.17) is 0 Å². The van der Waals surface area contributed by atoms with Gasteiger partial charge < -0.3 is 0 Å². The molecule has 0 aliphatic heterocycles. The third-order valence-corrected chi connectivity index (χ3v) is 0.321. The summed E-state index contributed by atoms with van der Waals surface area (Å²) in [6, 6.07) is 0. The van der Waals surface area contributed by atoms with E-state index in [1.807, 2.05) is 0 Å². The lowest BCUT2D eigenvalue weighted by molar-refractivity contribution is 0.564. The summed E-state index contributed by atoms with van der Waals surface area (Å²) in [7, 11) is 0. The van der Waals surface area contributed by atoms with E-state index in [-0.39, 0.29) is 0 Å². The van der Waals surface area contributed by atoms with Crippen molar-refractivity contribution in [3.8, 4) is 0 Å². The second-order valence-corrected chi connectivity index (χ2v) is 0.739. The zero-order valence-electron chi connectivity index (χ0n) is 3.87. The topological polar surface area (TPSA) is 58.9 Å². The van der Waals surface area contributed by atoms with Gasteiger partial charge in [0.15, 0.2) is 0 Å². The lowest BCUT2D eigenvalue weighted by Gasteiger charge is -1.58. The molecule has 0 aromatic rings. The Kier molecular flexibility index (Phi) is 4.47. The number of aliphatic imine (C=N–C) groups is 2. The zero-order valence-corrected chi connectivity index (χ0v) is 3.87. The summed E-state index contributed by atoms with van der Waals surface area (Å²) in [5.41, 5.74) is 0. The van der Waals surface area contributed by atoms with E-state index in [1.54, 1.807) is 0 Å². The molecular formula is C4H2N2O2. The van der Waals surface area contributed by atoms with Crippen LogP contribution in [0.5, 0.6) is 0 Å². The number of hydrogen-bond acceptors (Lipinski definition) is 4. The van der Waals surface area contributed by atoms with Crippen molar-refractivity contribution in [2.45, 2.75) is 0 Å². The van der Waals surface area contributed by atoms with E-state index in [9.17, 15) is 9.59 Å². The molecule has 0 aliphatic rings. The van der Waals surface area contributed by atoms with E-state index < -0.39 is 0 Å². The van der Waals surface area contributed by atoms with Gasteiger partial charge in [0.05, 0.1) is 12.4 Å². The number of isocyanates is 2. The van der Waals surface area contributed by atoms with Crippen molar-refractivity contribution in [3.05, 3.63) is 12.4 Å². The first-order valence-corrected chi connectivity index (χ1v) is 1.71. The predicted molar refractivity (Wildman–Crippen MR) is 25.4 cm³/mol. The third-order valence-electron chi connectivity index (χ3n) is 0.321. The molecule has 0 fully saturated rings. The highest BCUT2D eigenvalue weighted by Crippen LogP contribution is 1.69. The van der Waals surface area contributed by atoms with Gasteiger partial charge in [0.25, 0.3) is 0 Å². The van der Waals surface area contributed by atoms with Crippen LogP contribution in [-0.4, -0.2) is 12.2 Å². The molecule has 40 valence electrons. The van der Waals surface area contributed by atoms with Crippen molar-refractivity contribution in [3.63, 3.8) is 0 Å². The standard InChI is InChI=1S/C4H2N2O2/c7-3-5-1-2-6-4-8/h1-2H/b2-1+. The summed E-state index contributed by atoms with van der Waals surface area (Å²) in [5.74, 6) is 0. The molecule has 0 bridgehead atoms. The molecule has 4 heteroatoms. The Morgan fingerprint density at radius 1 is 1.00 bits per heavy atom. The largest absolute Gasteiger partial charge is 0.239 e. The number of hydrogen-bond donors (Lipinski definition) is 0. The fraction of sp³-hybridized carbons (Fsp3) is 0. The van der Waals surface area contributed by atoms with Gasteiger partial charge in [0, 0.05) is 0 Å². The molecule has 0 aliphatic carbocycles. The summed E-state index contributed by atoms with van der Waals surface area (Å²) in [6.45, 7) is 0. The highest BCUT2D eigenvalue weighted by Gasteiger charge is 1.57. The molecule has 0 aromatic heterocycles. The molecule has 0 aromatic carbocycles. The minimum atomic E-state index is 1.04. The minimum absolute atomic E-state index is 1.04. The maximum atomic E-state index is 9.28. The first-order chi connectivity index (χ1) is 3.91. The Labute approximate surface area is 45.3 Å². The van der Waals surface area contributed by atoms with Crippen molar-refractivity contribution in [2.24, 2.45) is 9.98 Å². The average Bonchev–Trinajstić information content (AvgIpc) is 1.81. The van der Waals surface area contributed by atoms with Crippen LogP contribution in [0.15, 0.2) is 22.4 Å². The molecule has 0 radical (unpaired) electrons. The van der Waals surface area contributed by atoms with Crippen LogP contribution >= 0.6 is 0 Å². The lowest BCUT2D eigenvalue weighted by atomic mass is 10.9. The van der Waals surface area contributed by atoms with Crippen molar-refractivity contribution in [1.29, 1.82) is 0 Å². The quantitative estimate of drug-likeness (QED) is 0.374. The molecule has 0 atom stereocenters. The molecule has 0 saturated carbocycles. The molecule has 0 heterocycles. The lowest BCUT2D eigenvalue weighted by Crippen LogP contribution is -1.48. The Morgan fingerprint density at radius 3 is 1.62 bits per heavy atom. The second-order valence-electron chi connectivity index (χ2n) is 0.739. The first kappa shape index (κ1) is 6.50. The van der Waals surface area contributed by atoms with Gasteiger partial charge in [0.2, 0.25) is 12.2 Å². The number of nitrogens with zero attached hydrogens (tertiary/aromatic N) is 2. The van der Waals surface area contributed by atoms with E-state index in [0.717, 1.165) is 12.4 Å². The van der Waals surface area contributed by atoms with E-state index in [0.29, 0.717) is 0 Å². The number of carbonyl (C=O) groups excluding carboxylic acids is 2. The van der Waals surface area contributed by atoms with Crippen LogP contribution in [-0.2, 0) is 9.59 Å². The van der Waals surface area contributed by atoms with Crippen LogP contribution in [0.1, 0.15) is 0 Å². The van der Waals surface area contributed by atoms with Crippen LogP contribution in [0.4, 0.5) is 0 Å². The third kappa shape index (κ3) is 4.50. The van der Waals surface area contributed by atoms with Crippen molar-refractivity contribution in [2.75, 3.05) is 0 Å². The monoisotopic (exact) mass is 110 g/mol. The fourth-order valence-corrected chi connectivity index (χ4v) is 0.128. The smallest absolute Gasteiger partial charge is 0.211 e. The Bertz CT molecular complexity index is 152. The molecule has 0 saturated heterocycles. The Balaban J connectivity index is 3.66. The maximum Gasteiger partial charge on any atom is 0.239 e. The average molecular weight is 110 g/mol. The summed E-state index contributed by atoms with van der Waals surface area (Å²) < 4.78 is 0. The first-order valence-electron chi connectivity index (χ1n) is 1.71. The highest BCUT2D eigenvalue weighted by atomic mass is 16.1. The van der Waals surface area contributed by atoms with Crippen molar-refractivity contribution in [1.82, 2.24) is 0 Å². The predicted octanol–water partition coefficient (Wildman–Crippen LogP) is 0.129. The van der Waals surface area contributed by atoms with Gasteiger partial charge in [-0.25, -0.2) is 9.59 Å². The Hall–Kier alpha value is -1.50. The van der Waals surface area contributed by atoms with E-state index in [1.165, 1.54) is 12.2 Å².